The van der Waals surface area contributed by atoms with Crippen molar-refractivity contribution in [3.05, 3.63) is 45.3 Å². The van der Waals surface area contributed by atoms with Crippen LogP contribution < -0.4 is 0 Å². The molecule has 2 nitrogen and oxygen atoms in total. The van der Waals surface area contributed by atoms with E-state index in [9.17, 15) is 0 Å². The first-order chi connectivity index (χ1) is 10.2. The third-order valence-electron chi connectivity index (χ3n) is 5.03. The maximum atomic E-state index is 5.98. The van der Waals surface area contributed by atoms with E-state index in [2.05, 4.69) is 55.4 Å². The standard InChI is InChI=1S/C20H30O2/c1-11(2)19-15(6)18(17(8)22-19)10-9-12(3)20-14(5)13(4)16(7)21-20/h11-12H,9-10H2,1-8H3. The van der Waals surface area contributed by atoms with Crippen molar-refractivity contribution >= 4 is 0 Å². The summed E-state index contributed by atoms with van der Waals surface area (Å²) in [6.45, 7) is 17.3. The van der Waals surface area contributed by atoms with Crippen molar-refractivity contribution in [2.75, 3.05) is 0 Å². The Balaban J connectivity index is 2.15. The molecule has 2 heterocycles. The fourth-order valence-electron chi connectivity index (χ4n) is 3.36. The van der Waals surface area contributed by atoms with Gasteiger partial charge >= 0.3 is 0 Å². The monoisotopic (exact) mass is 302 g/mol. The molecule has 0 saturated heterocycles. The second kappa shape index (κ2) is 6.36. The number of rotatable bonds is 5. The molecule has 2 heteroatoms. The molecule has 0 fully saturated rings. The molecule has 0 amide bonds. The summed E-state index contributed by atoms with van der Waals surface area (Å²) in [6.07, 6.45) is 2.14. The minimum Gasteiger partial charge on any atom is -0.466 e. The molecule has 22 heavy (non-hydrogen) atoms. The minimum absolute atomic E-state index is 0.434. The molecule has 2 aromatic heterocycles. The Hall–Kier alpha value is -1.44. The molecule has 0 N–H and O–H groups in total. The molecular weight excluding hydrogens is 272 g/mol. The summed E-state index contributed by atoms with van der Waals surface area (Å²) < 4.78 is 11.9. The fraction of sp³-hybridized carbons (Fsp3) is 0.600. The normalized spacial score (nSPS) is 13.1. The van der Waals surface area contributed by atoms with Gasteiger partial charge in [0.2, 0.25) is 0 Å². The summed E-state index contributed by atoms with van der Waals surface area (Å²) in [6, 6.07) is 0. The highest BCUT2D eigenvalue weighted by atomic mass is 16.3. The van der Waals surface area contributed by atoms with Crippen molar-refractivity contribution in [2.24, 2.45) is 0 Å². The molecule has 122 valence electrons. The van der Waals surface area contributed by atoms with Gasteiger partial charge in [0.1, 0.15) is 23.0 Å². The van der Waals surface area contributed by atoms with E-state index in [0.29, 0.717) is 11.8 Å². The Morgan fingerprint density at radius 3 is 1.77 bits per heavy atom. The van der Waals surface area contributed by atoms with Crippen LogP contribution >= 0.6 is 0 Å². The van der Waals surface area contributed by atoms with Crippen molar-refractivity contribution in [3.63, 3.8) is 0 Å². The summed E-state index contributed by atoms with van der Waals surface area (Å²) in [5.41, 5.74) is 5.32. The number of hydrogen-bond acceptors (Lipinski definition) is 2. The molecule has 0 aliphatic rings. The predicted octanol–water partition coefficient (Wildman–Crippen LogP) is 6.27. The van der Waals surface area contributed by atoms with Crippen LogP contribution in [0.4, 0.5) is 0 Å². The van der Waals surface area contributed by atoms with E-state index >= 15 is 0 Å². The summed E-state index contributed by atoms with van der Waals surface area (Å²) in [5, 5.41) is 0. The molecule has 2 rings (SSSR count). The highest BCUT2D eigenvalue weighted by Crippen LogP contribution is 2.33. The van der Waals surface area contributed by atoms with Gasteiger partial charge in [0.05, 0.1) is 0 Å². The average Bonchev–Trinajstić information content (AvgIpc) is 2.88. The highest BCUT2D eigenvalue weighted by Gasteiger charge is 2.20. The van der Waals surface area contributed by atoms with Gasteiger partial charge in [0, 0.05) is 11.8 Å². The van der Waals surface area contributed by atoms with Crippen molar-refractivity contribution in [1.82, 2.24) is 0 Å². The van der Waals surface area contributed by atoms with E-state index < -0.39 is 0 Å². The van der Waals surface area contributed by atoms with Crippen LogP contribution in [0.1, 0.15) is 84.3 Å². The maximum Gasteiger partial charge on any atom is 0.110 e. The maximum absolute atomic E-state index is 5.98. The average molecular weight is 302 g/mol. The van der Waals surface area contributed by atoms with Crippen molar-refractivity contribution in [3.8, 4) is 0 Å². The molecule has 0 radical (unpaired) electrons. The second-order valence-electron chi connectivity index (χ2n) is 6.99. The smallest absolute Gasteiger partial charge is 0.110 e. The SMILES string of the molecule is Cc1oc(C(C)CCc2c(C)oc(C(C)C)c2C)c(C)c1C. The number of furan rings is 2. The zero-order valence-electron chi connectivity index (χ0n) is 15.4. The molecule has 0 spiro atoms. The first kappa shape index (κ1) is 16.9. The third kappa shape index (κ3) is 3.02. The van der Waals surface area contributed by atoms with Gasteiger partial charge in [-0.05, 0) is 69.7 Å². The summed E-state index contributed by atoms with van der Waals surface area (Å²) in [4.78, 5) is 0. The van der Waals surface area contributed by atoms with Crippen LogP contribution in [0.25, 0.3) is 0 Å². The van der Waals surface area contributed by atoms with Gasteiger partial charge in [0.15, 0.2) is 0 Å². The van der Waals surface area contributed by atoms with Crippen LogP contribution in [0.15, 0.2) is 8.83 Å². The van der Waals surface area contributed by atoms with Crippen molar-refractivity contribution < 1.29 is 8.83 Å². The lowest BCUT2D eigenvalue weighted by molar-refractivity contribution is 0.437. The lowest BCUT2D eigenvalue weighted by Crippen LogP contribution is -1.99. The van der Waals surface area contributed by atoms with Crippen LogP contribution in [0, 0.1) is 34.6 Å². The quantitative estimate of drug-likeness (QED) is 0.650. The van der Waals surface area contributed by atoms with Crippen LogP contribution in [0.2, 0.25) is 0 Å². The van der Waals surface area contributed by atoms with Gasteiger partial charge in [-0.2, -0.15) is 0 Å². The molecule has 1 atom stereocenters. The van der Waals surface area contributed by atoms with Gasteiger partial charge in [-0.3, -0.25) is 0 Å². The highest BCUT2D eigenvalue weighted by molar-refractivity contribution is 5.35. The van der Waals surface area contributed by atoms with Gasteiger partial charge in [-0.1, -0.05) is 20.8 Å². The van der Waals surface area contributed by atoms with E-state index in [1.807, 2.05) is 0 Å². The first-order valence-electron chi connectivity index (χ1n) is 8.39. The lowest BCUT2D eigenvalue weighted by atomic mass is 9.94. The second-order valence-corrected chi connectivity index (χ2v) is 6.99. The topological polar surface area (TPSA) is 26.3 Å². The lowest BCUT2D eigenvalue weighted by Gasteiger charge is -2.10. The van der Waals surface area contributed by atoms with Crippen LogP contribution in [-0.2, 0) is 6.42 Å². The zero-order valence-corrected chi connectivity index (χ0v) is 15.4. The van der Waals surface area contributed by atoms with E-state index in [1.165, 1.54) is 22.3 Å². The minimum atomic E-state index is 0.434. The van der Waals surface area contributed by atoms with E-state index in [1.54, 1.807) is 0 Å². The Labute approximate surface area is 134 Å². The molecule has 1 unspecified atom stereocenters. The molecule has 0 bridgehead atoms. The Bertz CT molecular complexity index is 656. The predicted molar refractivity (Wildman–Crippen MR) is 91.9 cm³/mol. The molecule has 0 saturated carbocycles. The van der Waals surface area contributed by atoms with Crippen molar-refractivity contribution in [2.45, 2.75) is 80.1 Å². The van der Waals surface area contributed by atoms with E-state index in [0.717, 1.165) is 35.9 Å². The van der Waals surface area contributed by atoms with Crippen LogP contribution in [-0.4, -0.2) is 0 Å². The van der Waals surface area contributed by atoms with Crippen molar-refractivity contribution in [1.29, 1.82) is 0 Å². The van der Waals surface area contributed by atoms with Crippen LogP contribution in [0.5, 0.6) is 0 Å². The van der Waals surface area contributed by atoms with E-state index in [-0.39, 0.29) is 0 Å². The molecule has 0 aliphatic carbocycles. The summed E-state index contributed by atoms with van der Waals surface area (Å²) in [5.74, 6) is 5.30. The van der Waals surface area contributed by atoms with Gasteiger partial charge in [-0.25, -0.2) is 0 Å². The Morgan fingerprint density at radius 2 is 1.32 bits per heavy atom. The van der Waals surface area contributed by atoms with E-state index in [4.69, 9.17) is 8.83 Å². The molecule has 2 aromatic rings. The van der Waals surface area contributed by atoms with Gasteiger partial charge in [0.25, 0.3) is 0 Å². The fourth-order valence-corrected chi connectivity index (χ4v) is 3.36. The van der Waals surface area contributed by atoms with Gasteiger partial charge in [-0.15, -0.1) is 0 Å². The van der Waals surface area contributed by atoms with Gasteiger partial charge < -0.3 is 8.83 Å². The number of hydrogen-bond donors (Lipinski definition) is 0. The van der Waals surface area contributed by atoms with Crippen LogP contribution in [0.3, 0.4) is 0 Å². The Morgan fingerprint density at radius 1 is 0.727 bits per heavy atom. The largest absolute Gasteiger partial charge is 0.466 e. The zero-order chi connectivity index (χ0) is 16.6. The Kier molecular flexibility index (Phi) is 4.89. The molecular formula is C20H30O2. The third-order valence-corrected chi connectivity index (χ3v) is 5.03. The first-order valence-corrected chi connectivity index (χ1v) is 8.39. The summed E-state index contributed by atoms with van der Waals surface area (Å²) >= 11 is 0. The summed E-state index contributed by atoms with van der Waals surface area (Å²) in [7, 11) is 0. The molecule has 0 aliphatic heterocycles. The molecule has 0 aromatic carbocycles. The number of aryl methyl sites for hydroxylation is 2.